The highest BCUT2D eigenvalue weighted by atomic mass is 16.7. The summed E-state index contributed by atoms with van der Waals surface area (Å²) in [6.07, 6.45) is 3.05. The lowest BCUT2D eigenvalue weighted by Gasteiger charge is -2.16. The van der Waals surface area contributed by atoms with E-state index in [2.05, 4.69) is 30.5 Å². The van der Waals surface area contributed by atoms with E-state index in [4.69, 9.17) is 9.47 Å². The molecule has 2 amide bonds. The molecule has 3 aromatic rings. The Labute approximate surface area is 206 Å². The van der Waals surface area contributed by atoms with E-state index in [1.165, 1.54) is 11.1 Å². The maximum absolute atomic E-state index is 12.6. The summed E-state index contributed by atoms with van der Waals surface area (Å²) in [6.45, 7) is 4.55. The van der Waals surface area contributed by atoms with Crippen molar-refractivity contribution in [2.24, 2.45) is 0 Å². The lowest BCUT2D eigenvalue weighted by Crippen LogP contribution is -2.17. The van der Waals surface area contributed by atoms with Crippen molar-refractivity contribution in [3.63, 3.8) is 0 Å². The number of rotatable bonds is 9. The molecule has 0 bridgehead atoms. The zero-order valence-corrected chi connectivity index (χ0v) is 20.5. The number of aryl methyl sites for hydroxylation is 1. The van der Waals surface area contributed by atoms with E-state index in [0.717, 1.165) is 47.6 Å². The van der Waals surface area contributed by atoms with Crippen LogP contribution in [-0.2, 0) is 11.2 Å². The molecule has 0 spiro atoms. The van der Waals surface area contributed by atoms with Crippen LogP contribution in [0.2, 0.25) is 0 Å². The number of ether oxygens (including phenoxy) is 2. The molecule has 0 aliphatic carbocycles. The minimum atomic E-state index is -0.122. The molecule has 1 aliphatic rings. The Balaban J connectivity index is 1.38. The summed E-state index contributed by atoms with van der Waals surface area (Å²) >= 11 is 0. The molecular weight excluding hydrogens is 440 g/mol. The molecule has 35 heavy (non-hydrogen) atoms. The highest BCUT2D eigenvalue weighted by molar-refractivity contribution is 5.96. The van der Waals surface area contributed by atoms with Gasteiger partial charge in [0.05, 0.1) is 0 Å². The van der Waals surface area contributed by atoms with E-state index in [-0.39, 0.29) is 18.6 Å². The fourth-order valence-electron chi connectivity index (χ4n) is 4.29. The maximum atomic E-state index is 12.6. The third kappa shape index (κ3) is 6.01. The van der Waals surface area contributed by atoms with Gasteiger partial charge in [-0.2, -0.15) is 0 Å². The van der Waals surface area contributed by atoms with Crippen molar-refractivity contribution >= 4 is 17.5 Å². The molecule has 0 saturated carbocycles. The first-order valence-corrected chi connectivity index (χ1v) is 12.1. The number of unbranched alkanes of at least 4 members (excludes halogenated alkanes) is 1. The molecule has 0 saturated heterocycles. The smallest absolute Gasteiger partial charge is 0.251 e. The van der Waals surface area contributed by atoms with E-state index >= 15 is 0 Å². The van der Waals surface area contributed by atoms with E-state index in [9.17, 15) is 9.59 Å². The number of carbonyl (C=O) groups excluding carboxylic acids is 2. The Kier molecular flexibility index (Phi) is 7.70. The van der Waals surface area contributed by atoms with Gasteiger partial charge in [0.15, 0.2) is 11.5 Å². The van der Waals surface area contributed by atoms with Gasteiger partial charge in [-0.25, -0.2) is 0 Å². The molecule has 2 N–H and O–H groups in total. The zero-order chi connectivity index (χ0) is 24.8. The van der Waals surface area contributed by atoms with Crippen molar-refractivity contribution in [2.45, 2.75) is 45.4 Å². The first kappa shape index (κ1) is 24.3. The van der Waals surface area contributed by atoms with Crippen molar-refractivity contribution in [3.05, 3.63) is 77.4 Å². The first-order chi connectivity index (χ1) is 16.9. The molecule has 1 aliphatic heterocycles. The van der Waals surface area contributed by atoms with Crippen LogP contribution in [-0.4, -0.2) is 25.7 Å². The molecule has 0 radical (unpaired) electrons. The van der Waals surface area contributed by atoms with Gasteiger partial charge >= 0.3 is 0 Å². The van der Waals surface area contributed by atoms with Gasteiger partial charge < -0.3 is 20.1 Å². The highest BCUT2D eigenvalue weighted by Crippen LogP contribution is 2.34. The van der Waals surface area contributed by atoms with E-state index in [0.29, 0.717) is 17.9 Å². The number of fused-ring (bicyclic) bond motifs is 1. The van der Waals surface area contributed by atoms with Crippen LogP contribution >= 0.6 is 0 Å². The summed E-state index contributed by atoms with van der Waals surface area (Å²) in [4.78, 5) is 24.7. The van der Waals surface area contributed by atoms with Crippen LogP contribution in [0.15, 0.2) is 60.7 Å². The SMILES string of the molecule is CNC(=O)c1cccc(-c2cc(NC(=O)CCCCc3ccc4c(c3)OCO4)ccc2C(C)C)c1. The number of benzene rings is 3. The Morgan fingerprint density at radius 2 is 1.77 bits per heavy atom. The molecule has 0 atom stereocenters. The largest absolute Gasteiger partial charge is 0.454 e. The van der Waals surface area contributed by atoms with Gasteiger partial charge in [-0.1, -0.05) is 38.1 Å². The molecule has 0 aromatic heterocycles. The minimum Gasteiger partial charge on any atom is -0.454 e. The summed E-state index contributed by atoms with van der Waals surface area (Å²) in [7, 11) is 1.62. The van der Waals surface area contributed by atoms with Crippen LogP contribution < -0.4 is 20.1 Å². The average Bonchev–Trinajstić information content (AvgIpc) is 3.34. The second-order valence-corrected chi connectivity index (χ2v) is 9.06. The van der Waals surface area contributed by atoms with Crippen LogP contribution in [0.1, 0.15) is 60.5 Å². The van der Waals surface area contributed by atoms with Gasteiger partial charge in [0, 0.05) is 24.7 Å². The van der Waals surface area contributed by atoms with Crippen LogP contribution in [0.5, 0.6) is 11.5 Å². The van der Waals surface area contributed by atoms with Crippen molar-refractivity contribution in [1.82, 2.24) is 5.32 Å². The number of anilines is 1. The van der Waals surface area contributed by atoms with Crippen molar-refractivity contribution in [1.29, 1.82) is 0 Å². The number of hydrogen-bond acceptors (Lipinski definition) is 4. The average molecular weight is 473 g/mol. The Morgan fingerprint density at radius 1 is 0.943 bits per heavy atom. The fourth-order valence-corrected chi connectivity index (χ4v) is 4.29. The van der Waals surface area contributed by atoms with Gasteiger partial charge in [0.1, 0.15) is 0 Å². The van der Waals surface area contributed by atoms with Crippen LogP contribution in [0, 0.1) is 0 Å². The van der Waals surface area contributed by atoms with Gasteiger partial charge in [-0.3, -0.25) is 9.59 Å². The number of carbonyl (C=O) groups is 2. The van der Waals surface area contributed by atoms with Crippen LogP contribution in [0.25, 0.3) is 11.1 Å². The normalized spacial score (nSPS) is 12.0. The Hall–Kier alpha value is -3.80. The minimum absolute atomic E-state index is 0.00181. The fraction of sp³-hybridized carbons (Fsp3) is 0.310. The van der Waals surface area contributed by atoms with E-state index in [1.807, 2.05) is 48.5 Å². The quantitative estimate of drug-likeness (QED) is 0.379. The van der Waals surface area contributed by atoms with Gasteiger partial charge in [0.25, 0.3) is 5.91 Å². The Morgan fingerprint density at radius 3 is 2.57 bits per heavy atom. The summed E-state index contributed by atoms with van der Waals surface area (Å²) < 4.78 is 10.8. The van der Waals surface area contributed by atoms with Gasteiger partial charge in [0.2, 0.25) is 12.7 Å². The summed E-state index contributed by atoms with van der Waals surface area (Å²) in [5.74, 6) is 1.76. The second kappa shape index (κ2) is 11.1. The van der Waals surface area contributed by atoms with Crippen molar-refractivity contribution in [2.75, 3.05) is 19.2 Å². The highest BCUT2D eigenvalue weighted by Gasteiger charge is 2.14. The van der Waals surface area contributed by atoms with Gasteiger partial charge in [-0.15, -0.1) is 0 Å². The summed E-state index contributed by atoms with van der Waals surface area (Å²) in [5, 5.41) is 5.72. The van der Waals surface area contributed by atoms with Crippen molar-refractivity contribution in [3.8, 4) is 22.6 Å². The summed E-state index contributed by atoms with van der Waals surface area (Å²) in [6, 6.07) is 19.6. The van der Waals surface area contributed by atoms with Crippen molar-refractivity contribution < 1.29 is 19.1 Å². The molecule has 3 aromatic carbocycles. The van der Waals surface area contributed by atoms with Crippen LogP contribution in [0.3, 0.4) is 0 Å². The molecule has 1 heterocycles. The summed E-state index contributed by atoms with van der Waals surface area (Å²) in [5.41, 5.74) is 5.69. The molecule has 0 fully saturated rings. The molecule has 0 unspecified atom stereocenters. The molecule has 182 valence electrons. The lowest BCUT2D eigenvalue weighted by molar-refractivity contribution is -0.116. The number of hydrogen-bond donors (Lipinski definition) is 2. The van der Waals surface area contributed by atoms with E-state index in [1.54, 1.807) is 13.1 Å². The number of amides is 2. The predicted molar refractivity (Wildman–Crippen MR) is 138 cm³/mol. The second-order valence-electron chi connectivity index (χ2n) is 9.06. The standard InChI is InChI=1S/C29H32N2O4/c1-19(2)24-13-12-23(17-25(24)21-8-6-9-22(16-21)29(33)30-3)31-28(32)10-5-4-7-20-11-14-26-27(15-20)35-18-34-26/h6,8-9,11-17,19H,4-5,7,10,18H2,1-3H3,(H,30,33)(H,31,32). The topological polar surface area (TPSA) is 76.7 Å². The molecule has 6 nitrogen and oxygen atoms in total. The third-order valence-corrected chi connectivity index (χ3v) is 6.18. The van der Waals surface area contributed by atoms with Crippen LogP contribution in [0.4, 0.5) is 5.69 Å². The van der Waals surface area contributed by atoms with Gasteiger partial charge in [-0.05, 0) is 83.8 Å². The predicted octanol–water partition coefficient (Wildman–Crippen LogP) is 5.92. The van der Waals surface area contributed by atoms with E-state index < -0.39 is 0 Å². The lowest BCUT2D eigenvalue weighted by atomic mass is 9.91. The monoisotopic (exact) mass is 472 g/mol. The maximum Gasteiger partial charge on any atom is 0.251 e. The molecule has 6 heteroatoms. The zero-order valence-electron chi connectivity index (χ0n) is 20.5. The third-order valence-electron chi connectivity index (χ3n) is 6.18. The number of nitrogens with one attached hydrogen (secondary N) is 2. The molecular formula is C29H32N2O4. The Bertz CT molecular complexity index is 1220. The first-order valence-electron chi connectivity index (χ1n) is 12.1. The molecule has 4 rings (SSSR count).